The van der Waals surface area contributed by atoms with Gasteiger partial charge in [0.15, 0.2) is 5.82 Å². The Morgan fingerprint density at radius 1 is 1.17 bits per heavy atom. The van der Waals surface area contributed by atoms with Gasteiger partial charge < -0.3 is 35.8 Å². The van der Waals surface area contributed by atoms with E-state index in [1.54, 1.807) is 24.7 Å². The second-order valence-corrected chi connectivity index (χ2v) is 12.1. The fourth-order valence-corrected chi connectivity index (χ4v) is 6.69. The van der Waals surface area contributed by atoms with Crippen molar-refractivity contribution in [2.45, 2.75) is 54.0 Å². The van der Waals surface area contributed by atoms with Crippen LogP contribution in [0.5, 0.6) is 0 Å². The van der Waals surface area contributed by atoms with Gasteiger partial charge in [-0.25, -0.2) is 24.9 Å². The lowest BCUT2D eigenvalue weighted by Gasteiger charge is -2.41. The van der Waals surface area contributed by atoms with Crippen molar-refractivity contribution in [2.24, 2.45) is 11.1 Å². The van der Waals surface area contributed by atoms with E-state index in [1.807, 2.05) is 12.3 Å². The Hall–Kier alpha value is -2.36. The number of hydrogen-bond donors (Lipinski definition) is 4. The summed E-state index contributed by atoms with van der Waals surface area (Å²) in [7, 11) is 0. The van der Waals surface area contributed by atoms with Crippen molar-refractivity contribution in [2.75, 3.05) is 49.7 Å². The molecule has 3 aromatic rings. The highest BCUT2D eigenvalue weighted by molar-refractivity contribution is 7.99. The normalized spacial score (nSPS) is 25.3. The summed E-state index contributed by atoms with van der Waals surface area (Å²) in [5, 5.41) is 17.3. The number of nitrogens with two attached hydrogens (primary N) is 1. The van der Waals surface area contributed by atoms with Gasteiger partial charge in [0.25, 0.3) is 0 Å². The number of halogens is 2. The second kappa shape index (κ2) is 13.5. The highest BCUT2D eigenvalue weighted by Crippen LogP contribution is 2.42. The summed E-state index contributed by atoms with van der Waals surface area (Å²) in [6.45, 7) is 5.62. The first kappa shape index (κ1) is 31.1. The molecule has 3 aliphatic rings. The van der Waals surface area contributed by atoms with Crippen LogP contribution in [0, 0.1) is 5.41 Å². The topological polar surface area (TPSA) is 156 Å². The number of aliphatic hydroxyl groups excluding tert-OH is 1. The lowest BCUT2D eigenvalue weighted by molar-refractivity contribution is -0.0377. The van der Waals surface area contributed by atoms with Crippen LogP contribution in [0.1, 0.15) is 31.6 Å². The molecule has 6 rings (SSSR count). The summed E-state index contributed by atoms with van der Waals surface area (Å²) in [6, 6.07) is 3.34. The fraction of sp³-hybridized carbons (Fsp3) is 0.519. The van der Waals surface area contributed by atoms with Crippen LogP contribution in [0.15, 0.2) is 46.8 Å². The number of pyridine rings is 1. The predicted molar refractivity (Wildman–Crippen MR) is 163 cm³/mol. The van der Waals surface area contributed by atoms with E-state index in [0.717, 1.165) is 48.3 Å². The monoisotopic (exact) mass is 635 g/mol. The fourth-order valence-electron chi connectivity index (χ4n) is 5.67. The van der Waals surface area contributed by atoms with E-state index in [9.17, 15) is 5.11 Å². The summed E-state index contributed by atoms with van der Waals surface area (Å²) in [6.07, 6.45) is 8.59. The smallest absolute Gasteiger partial charge is 0.151 e. The summed E-state index contributed by atoms with van der Waals surface area (Å²) >= 11 is 8.16. The van der Waals surface area contributed by atoms with E-state index < -0.39 is 6.10 Å². The molecule has 0 aromatic carbocycles. The number of piperidine rings is 1. The number of nitrogens with one attached hydrogen (secondary N) is 2. The van der Waals surface area contributed by atoms with E-state index in [4.69, 9.17) is 26.8 Å². The minimum atomic E-state index is -0.413. The molecular formula is C27H35Cl2N9O3S. The van der Waals surface area contributed by atoms with Gasteiger partial charge >= 0.3 is 0 Å². The molecule has 12 nitrogen and oxygen atoms in total. The number of morpholine rings is 1. The summed E-state index contributed by atoms with van der Waals surface area (Å²) < 4.78 is 11.5. The lowest BCUT2D eigenvalue weighted by Crippen LogP contribution is -2.50. The van der Waals surface area contributed by atoms with Crippen molar-refractivity contribution in [3.8, 4) is 0 Å². The summed E-state index contributed by atoms with van der Waals surface area (Å²) in [4.78, 5) is 25.8. The zero-order valence-electron chi connectivity index (χ0n) is 23.1. The summed E-state index contributed by atoms with van der Waals surface area (Å²) in [5.74, 6) is 2.36. The van der Waals surface area contributed by atoms with Crippen molar-refractivity contribution < 1.29 is 14.6 Å². The first-order chi connectivity index (χ1) is 20.0. The molecule has 3 aromatic heterocycles. The SMILES string of the molecule is C[C@@H]1OCC2(CCN(c3cnc(Sc4ccnc(Nc5ccnc([C@@H]6NCCO[C@@H]6CO)n5)c4Cl)cn3)CC2)[C@@H]1N.Cl. The molecule has 0 saturated carbocycles. The van der Waals surface area contributed by atoms with Crippen molar-refractivity contribution in [1.29, 1.82) is 0 Å². The van der Waals surface area contributed by atoms with Gasteiger partial charge in [0.05, 0.1) is 49.4 Å². The average molecular weight is 637 g/mol. The van der Waals surface area contributed by atoms with Crippen molar-refractivity contribution in [3.63, 3.8) is 0 Å². The molecule has 0 unspecified atom stereocenters. The van der Waals surface area contributed by atoms with Crippen LogP contribution < -0.4 is 21.3 Å². The zero-order chi connectivity index (χ0) is 28.4. The number of nitrogens with zero attached hydrogens (tertiary/aromatic N) is 6. The first-order valence-corrected chi connectivity index (χ1v) is 15.0. The van der Waals surface area contributed by atoms with E-state index in [0.29, 0.717) is 35.6 Å². The third kappa shape index (κ3) is 6.43. The van der Waals surface area contributed by atoms with Gasteiger partial charge in [-0.3, -0.25) is 0 Å². The number of anilines is 3. The highest BCUT2D eigenvalue weighted by Gasteiger charge is 2.47. The number of hydrogen-bond acceptors (Lipinski definition) is 13. The van der Waals surface area contributed by atoms with Gasteiger partial charge in [-0.1, -0.05) is 23.4 Å². The molecule has 1 spiro atoms. The lowest BCUT2D eigenvalue weighted by atomic mass is 9.73. The second-order valence-electron chi connectivity index (χ2n) is 10.6. The van der Waals surface area contributed by atoms with Crippen LogP contribution in [0.2, 0.25) is 5.02 Å². The van der Waals surface area contributed by atoms with Gasteiger partial charge in [0.2, 0.25) is 0 Å². The predicted octanol–water partition coefficient (Wildman–Crippen LogP) is 2.99. The van der Waals surface area contributed by atoms with E-state index >= 15 is 0 Å². The largest absolute Gasteiger partial charge is 0.394 e. The number of ether oxygens (including phenoxy) is 2. The number of aliphatic hydroxyl groups is 1. The third-order valence-corrected chi connectivity index (χ3v) is 9.64. The Labute approximate surface area is 260 Å². The maximum absolute atomic E-state index is 9.67. The molecule has 0 bridgehead atoms. The van der Waals surface area contributed by atoms with Crippen LogP contribution in [0.25, 0.3) is 0 Å². The molecule has 0 amide bonds. The van der Waals surface area contributed by atoms with Crippen LogP contribution in [-0.4, -0.2) is 87.7 Å². The molecule has 0 radical (unpaired) electrons. The van der Waals surface area contributed by atoms with Gasteiger partial charge in [-0.15, -0.1) is 12.4 Å². The number of aromatic nitrogens is 5. The molecule has 5 N–H and O–H groups in total. The maximum atomic E-state index is 9.67. The molecule has 3 fully saturated rings. The van der Waals surface area contributed by atoms with Gasteiger partial charge in [0, 0.05) is 48.4 Å². The van der Waals surface area contributed by atoms with E-state index in [2.05, 4.69) is 47.4 Å². The Morgan fingerprint density at radius 3 is 2.69 bits per heavy atom. The van der Waals surface area contributed by atoms with Crippen molar-refractivity contribution in [1.82, 2.24) is 30.2 Å². The van der Waals surface area contributed by atoms with Gasteiger partial charge in [0.1, 0.15) is 28.6 Å². The quantitative estimate of drug-likeness (QED) is 0.301. The minimum absolute atomic E-state index is 0. The molecule has 0 aliphatic carbocycles. The maximum Gasteiger partial charge on any atom is 0.151 e. The highest BCUT2D eigenvalue weighted by atomic mass is 35.5. The van der Waals surface area contributed by atoms with Gasteiger partial charge in [-0.2, -0.15) is 0 Å². The zero-order valence-corrected chi connectivity index (χ0v) is 25.5. The molecule has 42 heavy (non-hydrogen) atoms. The first-order valence-electron chi connectivity index (χ1n) is 13.8. The Balaban J connectivity index is 0.00000353. The minimum Gasteiger partial charge on any atom is -0.394 e. The standard InChI is InChI=1S/C27H34ClN9O3S.ClH/c1-16-24(29)27(15-40-16)4-9-37(10-5-27)20-12-34-21(13-33-20)41-18-2-6-31-25(22(18)28)35-19-3-7-32-26(36-19)23-17(14-38)39-11-8-30-23;/h2-3,6-7,12-13,16-17,23-24,30,38H,4-5,8-11,14-15,29H2,1H3,(H,31,32,35,36);1H/t16-,17+,23+,24+;/m0./s1. The van der Waals surface area contributed by atoms with E-state index in [-0.39, 0.29) is 42.6 Å². The molecule has 4 atom stereocenters. The van der Waals surface area contributed by atoms with Gasteiger partial charge in [-0.05, 0) is 31.9 Å². The van der Waals surface area contributed by atoms with Crippen molar-refractivity contribution >= 4 is 53.2 Å². The Morgan fingerprint density at radius 2 is 1.98 bits per heavy atom. The molecule has 3 saturated heterocycles. The summed E-state index contributed by atoms with van der Waals surface area (Å²) in [5.41, 5.74) is 6.53. The molecule has 226 valence electrons. The Kier molecular flexibility index (Phi) is 10.0. The Bertz CT molecular complexity index is 1350. The van der Waals surface area contributed by atoms with E-state index in [1.165, 1.54) is 11.8 Å². The third-order valence-electron chi connectivity index (χ3n) is 8.16. The number of rotatable bonds is 7. The molecule has 15 heteroatoms. The molecular weight excluding hydrogens is 601 g/mol. The van der Waals surface area contributed by atoms with Crippen LogP contribution in [-0.2, 0) is 9.47 Å². The van der Waals surface area contributed by atoms with Crippen molar-refractivity contribution in [3.05, 3.63) is 47.8 Å². The van der Waals surface area contributed by atoms with Crippen LogP contribution >= 0.6 is 35.8 Å². The van der Waals surface area contributed by atoms with Crippen LogP contribution in [0.3, 0.4) is 0 Å². The molecule has 3 aliphatic heterocycles. The average Bonchev–Trinajstić information content (AvgIpc) is 3.28. The molecule has 6 heterocycles. The van der Waals surface area contributed by atoms with Crippen LogP contribution in [0.4, 0.5) is 17.5 Å².